The van der Waals surface area contributed by atoms with Gasteiger partial charge in [-0.15, -0.1) is 0 Å². The molecule has 1 heterocycles. The maximum atomic E-state index is 11.0. The molecule has 1 aromatic carbocycles. The molecule has 0 aliphatic heterocycles. The van der Waals surface area contributed by atoms with Gasteiger partial charge in [0.1, 0.15) is 5.52 Å². The Hall–Kier alpha value is -1.60. The van der Waals surface area contributed by atoms with Crippen LogP contribution in [-0.4, -0.2) is 32.3 Å². The molecule has 0 unspecified atom stereocenters. The number of rotatable bonds is 5. The van der Waals surface area contributed by atoms with Crippen LogP contribution in [0.15, 0.2) is 28.7 Å². The molecule has 7 heteroatoms. The molecule has 0 amide bonds. The SMILES string of the molecule is CS(=O)(=O)OCC1CCC(Nc2nc3ccccc3o2)CC1. The van der Waals surface area contributed by atoms with Gasteiger partial charge in [-0.1, -0.05) is 12.1 Å². The van der Waals surface area contributed by atoms with E-state index < -0.39 is 10.1 Å². The van der Waals surface area contributed by atoms with Crippen LogP contribution in [0.5, 0.6) is 0 Å². The van der Waals surface area contributed by atoms with Crippen LogP contribution in [0.3, 0.4) is 0 Å². The number of aromatic nitrogens is 1. The first-order chi connectivity index (χ1) is 10.5. The summed E-state index contributed by atoms with van der Waals surface area (Å²) >= 11 is 0. The Bertz CT molecular complexity index is 700. The predicted molar refractivity (Wildman–Crippen MR) is 84.2 cm³/mol. The van der Waals surface area contributed by atoms with Crippen LogP contribution in [0.25, 0.3) is 11.1 Å². The number of nitrogens with one attached hydrogen (secondary N) is 1. The highest BCUT2D eigenvalue weighted by molar-refractivity contribution is 7.85. The van der Waals surface area contributed by atoms with Crippen LogP contribution in [0.4, 0.5) is 6.01 Å². The van der Waals surface area contributed by atoms with E-state index in [-0.39, 0.29) is 6.61 Å². The molecule has 1 N–H and O–H groups in total. The van der Waals surface area contributed by atoms with Gasteiger partial charge in [0.15, 0.2) is 5.58 Å². The summed E-state index contributed by atoms with van der Waals surface area (Å²) in [7, 11) is -3.34. The second-order valence-electron chi connectivity index (χ2n) is 5.84. The molecule has 0 atom stereocenters. The molecular weight excluding hydrogens is 304 g/mol. The lowest BCUT2D eigenvalue weighted by Crippen LogP contribution is -2.28. The summed E-state index contributed by atoms with van der Waals surface area (Å²) in [5.41, 5.74) is 1.63. The minimum Gasteiger partial charge on any atom is -0.424 e. The van der Waals surface area contributed by atoms with E-state index in [1.807, 2.05) is 24.3 Å². The summed E-state index contributed by atoms with van der Waals surface area (Å²) < 4.78 is 32.6. The molecule has 120 valence electrons. The van der Waals surface area contributed by atoms with Gasteiger partial charge >= 0.3 is 0 Å². The number of anilines is 1. The van der Waals surface area contributed by atoms with Gasteiger partial charge in [-0.3, -0.25) is 4.18 Å². The Balaban J connectivity index is 1.51. The third kappa shape index (κ3) is 3.98. The van der Waals surface area contributed by atoms with Gasteiger partial charge in [-0.25, -0.2) is 0 Å². The zero-order valence-electron chi connectivity index (χ0n) is 12.5. The molecule has 3 rings (SSSR count). The number of hydrogen-bond donors (Lipinski definition) is 1. The molecule has 0 spiro atoms. The maximum absolute atomic E-state index is 11.0. The molecule has 0 saturated heterocycles. The molecule has 0 bridgehead atoms. The fraction of sp³-hybridized carbons (Fsp3) is 0.533. The van der Waals surface area contributed by atoms with Gasteiger partial charge in [-0.05, 0) is 43.7 Å². The number of para-hydroxylation sites is 2. The maximum Gasteiger partial charge on any atom is 0.295 e. The predicted octanol–water partition coefficient (Wildman–Crippen LogP) is 2.77. The minimum absolute atomic E-state index is 0.286. The first kappa shape index (κ1) is 15.3. The third-order valence-corrected chi connectivity index (χ3v) is 4.55. The van der Waals surface area contributed by atoms with Crippen molar-refractivity contribution >= 4 is 27.2 Å². The quantitative estimate of drug-likeness (QED) is 0.852. The van der Waals surface area contributed by atoms with Crippen molar-refractivity contribution in [2.75, 3.05) is 18.2 Å². The fourth-order valence-corrected chi connectivity index (χ4v) is 3.24. The number of oxazole rings is 1. The van der Waals surface area contributed by atoms with Gasteiger partial charge in [0, 0.05) is 6.04 Å². The topological polar surface area (TPSA) is 81.4 Å². The van der Waals surface area contributed by atoms with Crippen molar-refractivity contribution in [2.24, 2.45) is 5.92 Å². The van der Waals surface area contributed by atoms with E-state index in [1.165, 1.54) is 0 Å². The average molecular weight is 324 g/mol. The van der Waals surface area contributed by atoms with Crippen LogP contribution < -0.4 is 5.32 Å². The highest BCUT2D eigenvalue weighted by atomic mass is 32.2. The van der Waals surface area contributed by atoms with Crippen molar-refractivity contribution in [1.82, 2.24) is 4.98 Å². The van der Waals surface area contributed by atoms with Gasteiger partial charge < -0.3 is 9.73 Å². The minimum atomic E-state index is -3.34. The molecule has 1 saturated carbocycles. The van der Waals surface area contributed by atoms with Crippen LogP contribution in [0.1, 0.15) is 25.7 Å². The van der Waals surface area contributed by atoms with Crippen molar-refractivity contribution in [1.29, 1.82) is 0 Å². The second-order valence-corrected chi connectivity index (χ2v) is 7.48. The Morgan fingerprint density at radius 2 is 2.00 bits per heavy atom. The molecule has 1 aromatic heterocycles. The standard InChI is InChI=1S/C15H20N2O4S/c1-22(18,19)20-10-11-6-8-12(9-7-11)16-15-17-13-4-2-3-5-14(13)21-15/h2-5,11-12H,6-10H2,1H3,(H,16,17). The van der Waals surface area contributed by atoms with Crippen LogP contribution in [0, 0.1) is 5.92 Å². The Morgan fingerprint density at radius 3 is 2.68 bits per heavy atom. The zero-order valence-corrected chi connectivity index (χ0v) is 13.3. The molecular formula is C15H20N2O4S. The van der Waals surface area contributed by atoms with Gasteiger partial charge in [0.25, 0.3) is 16.1 Å². The van der Waals surface area contributed by atoms with E-state index in [4.69, 9.17) is 8.60 Å². The van der Waals surface area contributed by atoms with Gasteiger partial charge in [-0.2, -0.15) is 13.4 Å². The molecule has 6 nitrogen and oxygen atoms in total. The number of hydrogen-bond acceptors (Lipinski definition) is 6. The molecule has 1 fully saturated rings. The Labute approximate surface area is 130 Å². The Kier molecular flexibility index (Phi) is 4.35. The monoisotopic (exact) mass is 324 g/mol. The van der Waals surface area contributed by atoms with E-state index in [0.717, 1.165) is 43.0 Å². The van der Waals surface area contributed by atoms with Crippen LogP contribution in [-0.2, 0) is 14.3 Å². The van der Waals surface area contributed by atoms with Crippen LogP contribution in [0.2, 0.25) is 0 Å². The summed E-state index contributed by atoms with van der Waals surface area (Å²) in [4.78, 5) is 4.41. The summed E-state index contributed by atoms with van der Waals surface area (Å²) in [6, 6.07) is 8.53. The molecule has 2 aromatic rings. The van der Waals surface area contributed by atoms with Crippen molar-refractivity contribution in [3.05, 3.63) is 24.3 Å². The van der Waals surface area contributed by atoms with E-state index >= 15 is 0 Å². The highest BCUT2D eigenvalue weighted by Gasteiger charge is 2.23. The van der Waals surface area contributed by atoms with Crippen molar-refractivity contribution in [2.45, 2.75) is 31.7 Å². The summed E-state index contributed by atoms with van der Waals surface area (Å²) in [5.74, 6) is 0.302. The van der Waals surface area contributed by atoms with Crippen LogP contribution >= 0.6 is 0 Å². The lowest BCUT2D eigenvalue weighted by Gasteiger charge is -2.28. The van der Waals surface area contributed by atoms with Crippen molar-refractivity contribution in [3.63, 3.8) is 0 Å². The average Bonchev–Trinajstić information content (AvgIpc) is 2.88. The molecule has 0 radical (unpaired) electrons. The van der Waals surface area contributed by atoms with E-state index in [2.05, 4.69) is 10.3 Å². The zero-order chi connectivity index (χ0) is 15.6. The largest absolute Gasteiger partial charge is 0.424 e. The summed E-state index contributed by atoms with van der Waals surface area (Å²) in [6.07, 6.45) is 4.88. The van der Waals surface area contributed by atoms with Crippen molar-refractivity contribution in [3.8, 4) is 0 Å². The normalized spacial score (nSPS) is 22.8. The molecule has 1 aliphatic carbocycles. The lowest BCUT2D eigenvalue weighted by molar-refractivity contribution is 0.209. The molecule has 1 aliphatic rings. The number of nitrogens with zero attached hydrogens (tertiary/aromatic N) is 1. The highest BCUT2D eigenvalue weighted by Crippen LogP contribution is 2.28. The number of benzene rings is 1. The number of fused-ring (bicyclic) bond motifs is 1. The lowest BCUT2D eigenvalue weighted by atomic mass is 9.87. The smallest absolute Gasteiger partial charge is 0.295 e. The summed E-state index contributed by atoms with van der Waals surface area (Å²) in [5, 5.41) is 3.33. The first-order valence-corrected chi connectivity index (χ1v) is 9.28. The summed E-state index contributed by atoms with van der Waals surface area (Å²) in [6.45, 7) is 0.286. The second kappa shape index (κ2) is 6.26. The third-order valence-electron chi connectivity index (χ3n) is 3.99. The van der Waals surface area contributed by atoms with E-state index in [9.17, 15) is 8.42 Å². The molecule has 22 heavy (non-hydrogen) atoms. The fourth-order valence-electron chi connectivity index (χ4n) is 2.80. The van der Waals surface area contributed by atoms with Gasteiger partial charge in [0.2, 0.25) is 0 Å². The Morgan fingerprint density at radius 1 is 1.27 bits per heavy atom. The van der Waals surface area contributed by atoms with E-state index in [1.54, 1.807) is 0 Å². The first-order valence-electron chi connectivity index (χ1n) is 7.46. The van der Waals surface area contributed by atoms with E-state index in [0.29, 0.717) is 18.0 Å². The van der Waals surface area contributed by atoms with Gasteiger partial charge in [0.05, 0.1) is 12.9 Å². The van der Waals surface area contributed by atoms with Crippen molar-refractivity contribution < 1.29 is 17.0 Å².